The van der Waals surface area contributed by atoms with Crippen molar-refractivity contribution in [3.63, 3.8) is 0 Å². The van der Waals surface area contributed by atoms with Gasteiger partial charge in [0.1, 0.15) is 12.4 Å². The van der Waals surface area contributed by atoms with Crippen LogP contribution in [0, 0.1) is 6.92 Å². The average Bonchev–Trinajstić information content (AvgIpc) is 3.13. The monoisotopic (exact) mass is 357 g/mol. The maximum Gasteiger partial charge on any atom is 0.340 e. The fourth-order valence-corrected chi connectivity index (χ4v) is 3.90. The molecule has 0 radical (unpaired) electrons. The van der Waals surface area contributed by atoms with Crippen LogP contribution in [-0.2, 0) is 11.3 Å². The fourth-order valence-electron chi connectivity index (χ4n) is 2.50. The van der Waals surface area contributed by atoms with Gasteiger partial charge in [0.2, 0.25) is 0 Å². The molecule has 0 amide bonds. The van der Waals surface area contributed by atoms with Gasteiger partial charge in [-0.05, 0) is 25.1 Å². The Morgan fingerprint density at radius 1 is 1.25 bits per heavy atom. The smallest absolute Gasteiger partial charge is 0.340 e. The molecule has 0 aliphatic rings. The number of esters is 1. The van der Waals surface area contributed by atoms with E-state index < -0.39 is 5.97 Å². The number of benzene rings is 1. The Labute approximate surface area is 146 Å². The number of ether oxygens (including phenoxy) is 1. The number of carbonyl (C=O) groups excluding carboxylic acids is 1. The van der Waals surface area contributed by atoms with Gasteiger partial charge in [-0.1, -0.05) is 29.8 Å². The lowest BCUT2D eigenvalue weighted by Gasteiger charge is -2.04. The van der Waals surface area contributed by atoms with Crippen molar-refractivity contribution in [2.75, 3.05) is 0 Å². The molecular weight excluding hydrogens is 346 g/mol. The molecule has 0 bridgehead atoms. The standard InChI is InChI=1S/C17H12ClN3O2S/c1-10-19-20-15-7-6-11(8-21(10)15)17(22)23-9-14-16(18)12-4-2-3-5-13(12)24-14/h2-8H,9H2,1H3. The van der Waals surface area contributed by atoms with Crippen LogP contribution in [0.2, 0.25) is 5.02 Å². The minimum absolute atomic E-state index is 0.149. The van der Waals surface area contributed by atoms with Crippen molar-refractivity contribution < 1.29 is 9.53 Å². The molecule has 3 heterocycles. The molecule has 0 spiro atoms. The molecule has 0 aliphatic carbocycles. The minimum Gasteiger partial charge on any atom is -0.456 e. The fraction of sp³-hybridized carbons (Fsp3) is 0.118. The molecule has 3 aromatic heterocycles. The van der Waals surface area contributed by atoms with Crippen LogP contribution in [0.1, 0.15) is 21.1 Å². The lowest BCUT2D eigenvalue weighted by Crippen LogP contribution is -2.06. The molecule has 0 fully saturated rings. The Balaban J connectivity index is 1.56. The highest BCUT2D eigenvalue weighted by atomic mass is 35.5. The summed E-state index contributed by atoms with van der Waals surface area (Å²) in [6, 6.07) is 11.3. The molecule has 1 aromatic carbocycles. The van der Waals surface area contributed by atoms with Gasteiger partial charge in [0, 0.05) is 16.3 Å². The average molecular weight is 358 g/mol. The second-order valence-electron chi connectivity index (χ2n) is 5.30. The zero-order valence-corrected chi connectivity index (χ0v) is 14.3. The lowest BCUT2D eigenvalue weighted by atomic mass is 10.2. The number of thiophene rings is 1. The van der Waals surface area contributed by atoms with Gasteiger partial charge in [0.25, 0.3) is 0 Å². The van der Waals surface area contributed by atoms with Crippen LogP contribution in [0.25, 0.3) is 15.7 Å². The summed E-state index contributed by atoms with van der Waals surface area (Å²) >= 11 is 7.90. The van der Waals surface area contributed by atoms with Crippen molar-refractivity contribution in [3.8, 4) is 0 Å². The molecule has 0 saturated heterocycles. The van der Waals surface area contributed by atoms with Gasteiger partial charge in [0.05, 0.1) is 15.5 Å². The van der Waals surface area contributed by atoms with Crippen molar-refractivity contribution in [3.05, 3.63) is 63.9 Å². The number of hydrogen-bond acceptors (Lipinski definition) is 5. The van der Waals surface area contributed by atoms with Crippen LogP contribution < -0.4 is 0 Å². The van der Waals surface area contributed by atoms with E-state index in [4.69, 9.17) is 16.3 Å². The van der Waals surface area contributed by atoms with E-state index in [2.05, 4.69) is 10.2 Å². The summed E-state index contributed by atoms with van der Waals surface area (Å²) in [6.07, 6.45) is 1.68. The van der Waals surface area contributed by atoms with Crippen molar-refractivity contribution in [2.24, 2.45) is 0 Å². The van der Waals surface area contributed by atoms with Gasteiger partial charge in [-0.25, -0.2) is 4.79 Å². The van der Waals surface area contributed by atoms with Gasteiger partial charge in [-0.15, -0.1) is 21.5 Å². The minimum atomic E-state index is -0.404. The zero-order chi connectivity index (χ0) is 16.7. The zero-order valence-electron chi connectivity index (χ0n) is 12.7. The molecule has 5 nitrogen and oxygen atoms in total. The molecule has 0 aliphatic heterocycles. The maximum absolute atomic E-state index is 12.3. The van der Waals surface area contributed by atoms with Crippen LogP contribution >= 0.6 is 22.9 Å². The molecule has 4 aromatic rings. The molecule has 24 heavy (non-hydrogen) atoms. The van der Waals surface area contributed by atoms with Crippen LogP contribution in [0.15, 0.2) is 42.6 Å². The largest absolute Gasteiger partial charge is 0.456 e. The molecule has 0 unspecified atom stereocenters. The SMILES string of the molecule is Cc1nnc2ccc(C(=O)OCc3sc4ccccc4c3Cl)cn12. The van der Waals surface area contributed by atoms with E-state index in [0.29, 0.717) is 22.1 Å². The number of hydrogen-bond donors (Lipinski definition) is 0. The summed E-state index contributed by atoms with van der Waals surface area (Å²) in [5.41, 5.74) is 1.14. The van der Waals surface area contributed by atoms with Crippen LogP contribution in [0.5, 0.6) is 0 Å². The van der Waals surface area contributed by atoms with Crippen molar-refractivity contribution in [1.29, 1.82) is 0 Å². The Morgan fingerprint density at radius 2 is 2.08 bits per heavy atom. The van der Waals surface area contributed by atoms with Crippen molar-refractivity contribution >= 4 is 44.6 Å². The van der Waals surface area contributed by atoms with E-state index in [-0.39, 0.29) is 6.61 Å². The van der Waals surface area contributed by atoms with Gasteiger partial charge in [-0.3, -0.25) is 4.40 Å². The topological polar surface area (TPSA) is 56.5 Å². The summed E-state index contributed by atoms with van der Waals surface area (Å²) in [7, 11) is 0. The molecule has 0 atom stereocenters. The third-order valence-corrected chi connectivity index (χ3v) is 5.43. The van der Waals surface area contributed by atoms with E-state index in [9.17, 15) is 4.79 Å². The Bertz CT molecular complexity index is 1070. The highest BCUT2D eigenvalue weighted by Gasteiger charge is 2.14. The number of rotatable bonds is 3. The van der Waals surface area contributed by atoms with Gasteiger partial charge in [-0.2, -0.15) is 0 Å². The third-order valence-electron chi connectivity index (χ3n) is 3.74. The predicted octanol–water partition coefficient (Wildman–Crippen LogP) is 4.26. The Morgan fingerprint density at radius 3 is 2.92 bits per heavy atom. The summed E-state index contributed by atoms with van der Waals surface area (Å²) in [6.45, 7) is 1.97. The van der Waals surface area contributed by atoms with E-state index in [1.807, 2.05) is 31.2 Å². The molecule has 120 valence electrons. The molecular formula is C17H12ClN3O2S. The summed E-state index contributed by atoms with van der Waals surface area (Å²) in [4.78, 5) is 13.1. The summed E-state index contributed by atoms with van der Waals surface area (Å²) in [5.74, 6) is 0.311. The van der Waals surface area contributed by atoms with Gasteiger partial charge in [0.15, 0.2) is 5.65 Å². The van der Waals surface area contributed by atoms with E-state index in [1.165, 1.54) is 11.3 Å². The molecule has 7 heteroatoms. The predicted molar refractivity (Wildman–Crippen MR) is 93.7 cm³/mol. The number of aromatic nitrogens is 3. The molecule has 0 N–H and O–H groups in total. The number of pyridine rings is 1. The summed E-state index contributed by atoms with van der Waals surface area (Å²) in [5, 5.41) is 9.59. The van der Waals surface area contributed by atoms with E-state index in [1.54, 1.807) is 22.7 Å². The van der Waals surface area contributed by atoms with Crippen molar-refractivity contribution in [2.45, 2.75) is 13.5 Å². The first-order chi connectivity index (χ1) is 11.6. The van der Waals surface area contributed by atoms with E-state index in [0.717, 1.165) is 15.0 Å². The number of aryl methyl sites for hydroxylation is 1. The second-order valence-corrected chi connectivity index (χ2v) is 6.82. The van der Waals surface area contributed by atoms with Gasteiger partial charge < -0.3 is 4.74 Å². The van der Waals surface area contributed by atoms with Crippen LogP contribution in [0.3, 0.4) is 0 Å². The number of nitrogens with zero attached hydrogens (tertiary/aromatic N) is 3. The first-order valence-corrected chi connectivity index (χ1v) is 8.47. The first-order valence-electron chi connectivity index (χ1n) is 7.28. The second kappa shape index (κ2) is 5.89. The van der Waals surface area contributed by atoms with Gasteiger partial charge >= 0.3 is 5.97 Å². The number of fused-ring (bicyclic) bond motifs is 2. The van der Waals surface area contributed by atoms with Crippen molar-refractivity contribution in [1.82, 2.24) is 14.6 Å². The highest BCUT2D eigenvalue weighted by molar-refractivity contribution is 7.19. The van der Waals surface area contributed by atoms with E-state index >= 15 is 0 Å². The maximum atomic E-state index is 12.3. The highest BCUT2D eigenvalue weighted by Crippen LogP contribution is 2.35. The normalized spacial score (nSPS) is 11.2. The third kappa shape index (κ3) is 2.53. The lowest BCUT2D eigenvalue weighted by molar-refractivity contribution is 0.0476. The molecule has 4 rings (SSSR count). The number of halogens is 1. The summed E-state index contributed by atoms with van der Waals surface area (Å²) < 4.78 is 8.25. The first kappa shape index (κ1) is 15.1. The Kier molecular flexibility index (Phi) is 3.70. The van der Waals surface area contributed by atoms with Crippen LogP contribution in [-0.4, -0.2) is 20.6 Å². The quantitative estimate of drug-likeness (QED) is 0.514. The molecule has 0 saturated carbocycles. The Hall–Kier alpha value is -2.44. The number of carbonyl (C=O) groups is 1. The van der Waals surface area contributed by atoms with Crippen LogP contribution in [0.4, 0.5) is 0 Å².